The van der Waals surface area contributed by atoms with E-state index in [2.05, 4.69) is 15.2 Å². The molecule has 0 saturated carbocycles. The van der Waals surface area contributed by atoms with Gasteiger partial charge in [-0.15, -0.1) is 0 Å². The van der Waals surface area contributed by atoms with Crippen LogP contribution in [0.4, 0.5) is 10.6 Å². The smallest absolute Gasteiger partial charge is 0.410 e. The van der Waals surface area contributed by atoms with E-state index in [1.165, 1.54) is 4.90 Å². The minimum atomic E-state index is -0.576. The minimum Gasteiger partial charge on any atom is -0.444 e. The molecule has 8 nitrogen and oxygen atoms in total. The van der Waals surface area contributed by atoms with Gasteiger partial charge in [-0.1, -0.05) is 0 Å². The molecule has 0 spiro atoms. The molecule has 2 saturated heterocycles. The van der Waals surface area contributed by atoms with Crippen molar-refractivity contribution in [2.75, 3.05) is 37.7 Å². The first-order valence-corrected chi connectivity index (χ1v) is 9.88. The molecule has 3 heterocycles. The lowest BCUT2D eigenvalue weighted by Crippen LogP contribution is -2.47. The number of ether oxygens (including phenoxy) is 2. The van der Waals surface area contributed by atoms with Crippen LogP contribution in [0, 0.1) is 0 Å². The number of likely N-dealkylation sites (tertiary alicyclic amines) is 1. The Bertz CT molecular complexity index is 698. The fourth-order valence-corrected chi connectivity index (χ4v) is 3.42. The number of morpholine rings is 1. The lowest BCUT2D eigenvalue weighted by atomic mass is 10.2. The molecule has 1 atom stereocenters. The fourth-order valence-electron chi connectivity index (χ4n) is 3.42. The summed E-state index contributed by atoms with van der Waals surface area (Å²) in [6, 6.07) is 3.41. The number of rotatable bonds is 4. The van der Waals surface area contributed by atoms with Crippen molar-refractivity contribution >= 4 is 17.8 Å². The topological polar surface area (TPSA) is 84.0 Å². The third kappa shape index (κ3) is 5.34. The van der Waals surface area contributed by atoms with Gasteiger partial charge in [0.05, 0.1) is 13.2 Å². The maximum absolute atomic E-state index is 12.7. The maximum Gasteiger partial charge on any atom is 0.410 e. The number of amides is 2. The van der Waals surface area contributed by atoms with Gasteiger partial charge in [-0.3, -0.25) is 9.69 Å². The van der Waals surface area contributed by atoms with Crippen molar-refractivity contribution in [2.24, 2.45) is 0 Å². The van der Waals surface area contributed by atoms with Gasteiger partial charge in [-0.25, -0.2) is 9.78 Å². The van der Waals surface area contributed by atoms with Crippen LogP contribution in [-0.4, -0.2) is 66.4 Å². The standard InChI is InChI=1S/C20H30N4O4/c1-20(2,3)28-19(26)24-8-4-5-16(24)18(25)22-14-15-6-7-21-17(13-15)23-9-11-27-12-10-23/h6-7,13,16H,4-5,8-12,14H2,1-3H3,(H,22,25). The number of anilines is 1. The highest BCUT2D eigenvalue weighted by Crippen LogP contribution is 2.21. The van der Waals surface area contributed by atoms with Crippen LogP contribution in [0.3, 0.4) is 0 Å². The molecule has 28 heavy (non-hydrogen) atoms. The average Bonchev–Trinajstić information content (AvgIpc) is 3.16. The number of pyridine rings is 1. The zero-order valence-corrected chi connectivity index (χ0v) is 16.9. The zero-order chi connectivity index (χ0) is 20.1. The Kier molecular flexibility index (Phi) is 6.39. The molecule has 1 N–H and O–H groups in total. The molecule has 0 aliphatic carbocycles. The van der Waals surface area contributed by atoms with Gasteiger partial charge in [0.25, 0.3) is 0 Å². The Labute approximate surface area is 166 Å². The Morgan fingerprint density at radius 1 is 1.29 bits per heavy atom. The highest BCUT2D eigenvalue weighted by Gasteiger charge is 2.36. The highest BCUT2D eigenvalue weighted by atomic mass is 16.6. The molecule has 2 aliphatic heterocycles. The summed E-state index contributed by atoms with van der Waals surface area (Å²) < 4.78 is 10.8. The van der Waals surface area contributed by atoms with E-state index < -0.39 is 17.7 Å². The van der Waals surface area contributed by atoms with Gasteiger partial charge in [-0.2, -0.15) is 0 Å². The van der Waals surface area contributed by atoms with Crippen molar-refractivity contribution in [3.63, 3.8) is 0 Å². The van der Waals surface area contributed by atoms with Crippen molar-refractivity contribution < 1.29 is 19.1 Å². The first-order valence-electron chi connectivity index (χ1n) is 9.88. The van der Waals surface area contributed by atoms with Crippen LogP contribution in [0.1, 0.15) is 39.2 Å². The predicted molar refractivity (Wildman–Crippen MR) is 105 cm³/mol. The molecule has 1 unspecified atom stereocenters. The Morgan fingerprint density at radius 3 is 2.75 bits per heavy atom. The van der Waals surface area contributed by atoms with Crippen LogP contribution in [0.15, 0.2) is 18.3 Å². The number of aromatic nitrogens is 1. The van der Waals surface area contributed by atoms with Crippen molar-refractivity contribution in [3.05, 3.63) is 23.9 Å². The molecule has 154 valence electrons. The average molecular weight is 390 g/mol. The van der Waals surface area contributed by atoms with Crippen molar-refractivity contribution in [1.29, 1.82) is 0 Å². The van der Waals surface area contributed by atoms with Gasteiger partial charge in [0.1, 0.15) is 17.5 Å². The molecular formula is C20H30N4O4. The van der Waals surface area contributed by atoms with E-state index in [1.807, 2.05) is 32.9 Å². The fraction of sp³-hybridized carbons (Fsp3) is 0.650. The van der Waals surface area contributed by atoms with Gasteiger partial charge in [0.2, 0.25) is 5.91 Å². The molecule has 2 aliphatic rings. The number of hydrogen-bond donors (Lipinski definition) is 1. The summed E-state index contributed by atoms with van der Waals surface area (Å²) in [5, 5.41) is 2.96. The van der Waals surface area contributed by atoms with E-state index in [9.17, 15) is 9.59 Å². The number of hydrogen-bond acceptors (Lipinski definition) is 6. The molecule has 0 bridgehead atoms. The predicted octanol–water partition coefficient (Wildman–Crippen LogP) is 1.93. The summed E-state index contributed by atoms with van der Waals surface area (Å²) in [6.45, 7) is 9.45. The van der Waals surface area contributed by atoms with Gasteiger partial charge in [0.15, 0.2) is 0 Å². The first kappa shape index (κ1) is 20.4. The third-order valence-corrected chi connectivity index (χ3v) is 4.80. The summed E-state index contributed by atoms with van der Waals surface area (Å²) in [4.78, 5) is 33.2. The summed E-state index contributed by atoms with van der Waals surface area (Å²) in [6.07, 6.45) is 2.78. The van der Waals surface area contributed by atoms with E-state index in [4.69, 9.17) is 9.47 Å². The second-order valence-corrected chi connectivity index (χ2v) is 8.17. The molecule has 0 radical (unpaired) electrons. The highest BCUT2D eigenvalue weighted by molar-refractivity contribution is 5.86. The number of carbonyl (C=O) groups excluding carboxylic acids is 2. The third-order valence-electron chi connectivity index (χ3n) is 4.80. The zero-order valence-electron chi connectivity index (χ0n) is 16.9. The van der Waals surface area contributed by atoms with Crippen LogP contribution in [-0.2, 0) is 20.8 Å². The second kappa shape index (κ2) is 8.77. The van der Waals surface area contributed by atoms with Crippen molar-refractivity contribution in [3.8, 4) is 0 Å². The quantitative estimate of drug-likeness (QED) is 0.846. The van der Waals surface area contributed by atoms with Crippen molar-refractivity contribution in [2.45, 2.75) is 51.8 Å². The van der Waals surface area contributed by atoms with E-state index in [0.29, 0.717) is 32.7 Å². The lowest BCUT2D eigenvalue weighted by Gasteiger charge is -2.28. The normalized spacial score (nSPS) is 20.2. The van der Waals surface area contributed by atoms with E-state index in [-0.39, 0.29) is 5.91 Å². The maximum atomic E-state index is 12.7. The first-order chi connectivity index (χ1) is 13.3. The molecule has 8 heteroatoms. The minimum absolute atomic E-state index is 0.145. The van der Waals surface area contributed by atoms with Gasteiger partial charge in [-0.05, 0) is 51.3 Å². The molecule has 1 aromatic rings. The van der Waals surface area contributed by atoms with Crippen LogP contribution in [0.25, 0.3) is 0 Å². The van der Waals surface area contributed by atoms with Crippen LogP contribution in [0.5, 0.6) is 0 Å². The molecule has 1 aromatic heterocycles. The second-order valence-electron chi connectivity index (χ2n) is 8.17. The molecule has 2 amide bonds. The summed E-state index contributed by atoms with van der Waals surface area (Å²) in [7, 11) is 0. The van der Waals surface area contributed by atoms with Gasteiger partial charge in [0, 0.05) is 32.4 Å². The van der Waals surface area contributed by atoms with E-state index >= 15 is 0 Å². The Morgan fingerprint density at radius 2 is 2.04 bits per heavy atom. The molecule has 3 rings (SSSR count). The summed E-state index contributed by atoms with van der Waals surface area (Å²) >= 11 is 0. The summed E-state index contributed by atoms with van der Waals surface area (Å²) in [5.41, 5.74) is 0.403. The van der Waals surface area contributed by atoms with E-state index in [1.54, 1.807) is 6.20 Å². The number of nitrogens with one attached hydrogen (secondary N) is 1. The van der Waals surface area contributed by atoms with Crippen molar-refractivity contribution in [1.82, 2.24) is 15.2 Å². The van der Waals surface area contributed by atoms with Crippen LogP contribution >= 0.6 is 0 Å². The Balaban J connectivity index is 1.56. The summed E-state index contributed by atoms with van der Waals surface area (Å²) in [5.74, 6) is 0.749. The van der Waals surface area contributed by atoms with Gasteiger partial charge >= 0.3 is 6.09 Å². The SMILES string of the molecule is CC(C)(C)OC(=O)N1CCCC1C(=O)NCc1ccnc(N2CCOCC2)c1. The van der Waals surface area contributed by atoms with E-state index in [0.717, 1.165) is 30.9 Å². The molecular weight excluding hydrogens is 360 g/mol. The largest absolute Gasteiger partial charge is 0.444 e. The van der Waals surface area contributed by atoms with Gasteiger partial charge < -0.3 is 19.7 Å². The molecule has 2 fully saturated rings. The number of carbonyl (C=O) groups is 2. The van der Waals surface area contributed by atoms with Crippen LogP contribution < -0.4 is 10.2 Å². The molecule has 0 aromatic carbocycles. The Hall–Kier alpha value is -2.35. The monoisotopic (exact) mass is 390 g/mol. The van der Waals surface area contributed by atoms with Crippen LogP contribution in [0.2, 0.25) is 0 Å². The lowest BCUT2D eigenvalue weighted by molar-refractivity contribution is -0.125. The number of nitrogens with zero attached hydrogens (tertiary/aromatic N) is 3.